The molecule has 0 saturated carbocycles. The van der Waals surface area contributed by atoms with Gasteiger partial charge in [0.05, 0.1) is 13.2 Å². The summed E-state index contributed by atoms with van der Waals surface area (Å²) in [6.07, 6.45) is -0.836. The Labute approximate surface area is 121 Å². The molecule has 0 saturated heterocycles. The zero-order chi connectivity index (χ0) is 15.5. The van der Waals surface area contributed by atoms with Gasteiger partial charge in [0, 0.05) is 19.3 Å². The van der Waals surface area contributed by atoms with Crippen LogP contribution in [0.5, 0.6) is 5.75 Å². The average Bonchev–Trinajstić information content (AvgIpc) is 2.79. The molecular formula is C14H17F3N2O2. The van der Waals surface area contributed by atoms with Crippen LogP contribution < -0.4 is 4.74 Å². The summed E-state index contributed by atoms with van der Waals surface area (Å²) in [6, 6.07) is 4.62. The second-order valence-corrected chi connectivity index (χ2v) is 4.77. The molecule has 1 heterocycles. The van der Waals surface area contributed by atoms with Crippen molar-refractivity contribution in [1.82, 2.24) is 10.0 Å². The molecule has 0 atom stereocenters. The SMILES string of the molecule is Cc1cc(CN2CC=CN2CCO)ccc1OC(F)(F)F. The number of nitrogens with zero attached hydrogens (tertiary/aromatic N) is 2. The molecule has 1 aliphatic heterocycles. The van der Waals surface area contributed by atoms with Crippen LogP contribution in [0, 0.1) is 6.92 Å². The number of benzene rings is 1. The number of aliphatic hydroxyl groups excluding tert-OH is 1. The fraction of sp³-hybridized carbons (Fsp3) is 0.429. The number of hydrogen-bond donors (Lipinski definition) is 1. The van der Waals surface area contributed by atoms with Crippen LogP contribution >= 0.6 is 0 Å². The van der Waals surface area contributed by atoms with Gasteiger partial charge >= 0.3 is 6.36 Å². The highest BCUT2D eigenvalue weighted by atomic mass is 19.4. The highest BCUT2D eigenvalue weighted by molar-refractivity contribution is 5.36. The number of ether oxygens (including phenoxy) is 1. The van der Waals surface area contributed by atoms with Crippen molar-refractivity contribution >= 4 is 0 Å². The van der Waals surface area contributed by atoms with E-state index in [-0.39, 0.29) is 12.4 Å². The molecule has 0 fully saturated rings. The quantitative estimate of drug-likeness (QED) is 0.906. The van der Waals surface area contributed by atoms with Crippen LogP contribution in [-0.4, -0.2) is 41.2 Å². The summed E-state index contributed by atoms with van der Waals surface area (Å²) in [6.45, 7) is 3.38. The third-order valence-corrected chi connectivity index (χ3v) is 3.12. The van der Waals surface area contributed by atoms with E-state index in [4.69, 9.17) is 5.11 Å². The Morgan fingerprint density at radius 3 is 2.71 bits per heavy atom. The van der Waals surface area contributed by atoms with E-state index in [2.05, 4.69) is 4.74 Å². The topological polar surface area (TPSA) is 35.9 Å². The lowest BCUT2D eigenvalue weighted by atomic mass is 10.1. The fourth-order valence-electron chi connectivity index (χ4n) is 2.22. The summed E-state index contributed by atoms with van der Waals surface area (Å²) in [5.41, 5.74) is 1.32. The Morgan fingerprint density at radius 2 is 2.10 bits per heavy atom. The molecule has 0 bridgehead atoms. The molecule has 0 aromatic heterocycles. The lowest BCUT2D eigenvalue weighted by Gasteiger charge is -2.28. The maximum Gasteiger partial charge on any atom is 0.573 e. The lowest BCUT2D eigenvalue weighted by molar-refractivity contribution is -0.274. The first-order valence-electron chi connectivity index (χ1n) is 6.53. The van der Waals surface area contributed by atoms with Crippen LogP contribution in [0.2, 0.25) is 0 Å². The van der Waals surface area contributed by atoms with Gasteiger partial charge in [0.25, 0.3) is 0 Å². The van der Waals surface area contributed by atoms with Crippen LogP contribution in [0.25, 0.3) is 0 Å². The molecular weight excluding hydrogens is 285 g/mol. The number of β-amino-alcohol motifs (C(OH)–C–C–N with tert-alkyl or cyclic N) is 1. The van der Waals surface area contributed by atoms with E-state index < -0.39 is 6.36 Å². The molecule has 4 nitrogen and oxygen atoms in total. The van der Waals surface area contributed by atoms with Gasteiger partial charge in [0.15, 0.2) is 0 Å². The number of aryl methyl sites for hydroxylation is 1. The number of hydrazine groups is 1. The Balaban J connectivity index is 2.03. The Kier molecular flexibility index (Phi) is 4.74. The van der Waals surface area contributed by atoms with Gasteiger partial charge in [0.2, 0.25) is 0 Å². The van der Waals surface area contributed by atoms with Crippen LogP contribution in [-0.2, 0) is 6.54 Å². The summed E-state index contributed by atoms with van der Waals surface area (Å²) >= 11 is 0. The van der Waals surface area contributed by atoms with E-state index in [1.165, 1.54) is 6.07 Å². The Hall–Kier alpha value is -1.73. The molecule has 0 aliphatic carbocycles. The molecule has 1 aromatic carbocycles. The van der Waals surface area contributed by atoms with E-state index in [0.717, 1.165) is 5.56 Å². The summed E-state index contributed by atoms with van der Waals surface area (Å²) in [5.74, 6) is -0.182. The van der Waals surface area contributed by atoms with Crippen molar-refractivity contribution in [3.63, 3.8) is 0 Å². The number of aliphatic hydroxyl groups is 1. The third-order valence-electron chi connectivity index (χ3n) is 3.12. The van der Waals surface area contributed by atoms with Gasteiger partial charge in [-0.15, -0.1) is 13.2 Å². The van der Waals surface area contributed by atoms with E-state index >= 15 is 0 Å². The minimum absolute atomic E-state index is 0.0399. The van der Waals surface area contributed by atoms with E-state index in [1.54, 1.807) is 19.1 Å². The Morgan fingerprint density at radius 1 is 1.33 bits per heavy atom. The number of alkyl halides is 3. The van der Waals surface area contributed by atoms with Crippen molar-refractivity contribution < 1.29 is 23.0 Å². The maximum absolute atomic E-state index is 12.2. The van der Waals surface area contributed by atoms with E-state index in [1.807, 2.05) is 22.3 Å². The van der Waals surface area contributed by atoms with E-state index in [0.29, 0.717) is 25.2 Å². The molecule has 0 spiro atoms. The second kappa shape index (κ2) is 6.36. The first kappa shape index (κ1) is 15.7. The van der Waals surface area contributed by atoms with Crippen LogP contribution in [0.15, 0.2) is 30.5 Å². The van der Waals surface area contributed by atoms with Crippen molar-refractivity contribution in [2.75, 3.05) is 19.7 Å². The predicted octanol–water partition coefficient (Wildman–Crippen LogP) is 2.43. The summed E-state index contributed by atoms with van der Waals surface area (Å²) < 4.78 is 40.6. The molecule has 116 valence electrons. The standard InChI is InChI=1S/C14H17F3N2O2/c1-11-9-12(3-4-13(11)21-14(15,16)17)10-19-6-2-5-18(19)7-8-20/h2-5,9,20H,6-8,10H2,1H3. The van der Waals surface area contributed by atoms with Crippen LogP contribution in [0.4, 0.5) is 13.2 Å². The average molecular weight is 302 g/mol. The minimum Gasteiger partial charge on any atom is -0.406 e. The third kappa shape index (κ3) is 4.37. The van der Waals surface area contributed by atoms with Gasteiger partial charge in [-0.1, -0.05) is 18.2 Å². The highest BCUT2D eigenvalue weighted by Gasteiger charge is 2.31. The summed E-state index contributed by atoms with van der Waals surface area (Å²) in [4.78, 5) is 0. The molecule has 1 aliphatic rings. The van der Waals surface area contributed by atoms with Gasteiger partial charge in [-0.2, -0.15) is 0 Å². The van der Waals surface area contributed by atoms with Crippen molar-refractivity contribution in [2.45, 2.75) is 19.8 Å². The minimum atomic E-state index is -4.68. The van der Waals surface area contributed by atoms with Crippen molar-refractivity contribution in [3.8, 4) is 5.75 Å². The summed E-state index contributed by atoms with van der Waals surface area (Å²) in [5, 5.41) is 12.9. The Bertz CT molecular complexity index is 517. The summed E-state index contributed by atoms with van der Waals surface area (Å²) in [7, 11) is 0. The van der Waals surface area contributed by atoms with Gasteiger partial charge in [-0.25, -0.2) is 5.01 Å². The molecule has 0 amide bonds. The molecule has 1 N–H and O–H groups in total. The zero-order valence-electron chi connectivity index (χ0n) is 11.6. The largest absolute Gasteiger partial charge is 0.573 e. The van der Waals surface area contributed by atoms with Crippen LogP contribution in [0.3, 0.4) is 0 Å². The van der Waals surface area contributed by atoms with Gasteiger partial charge in [-0.3, -0.25) is 0 Å². The molecule has 21 heavy (non-hydrogen) atoms. The van der Waals surface area contributed by atoms with Gasteiger partial charge < -0.3 is 14.9 Å². The predicted molar refractivity (Wildman–Crippen MR) is 71.2 cm³/mol. The maximum atomic E-state index is 12.2. The molecule has 0 radical (unpaired) electrons. The second-order valence-electron chi connectivity index (χ2n) is 4.77. The lowest BCUT2D eigenvalue weighted by Crippen LogP contribution is -2.36. The van der Waals surface area contributed by atoms with Gasteiger partial charge in [0.1, 0.15) is 5.75 Å². The number of halogens is 3. The highest BCUT2D eigenvalue weighted by Crippen LogP contribution is 2.27. The monoisotopic (exact) mass is 302 g/mol. The molecule has 2 rings (SSSR count). The molecule has 7 heteroatoms. The van der Waals surface area contributed by atoms with Crippen molar-refractivity contribution in [2.24, 2.45) is 0 Å². The number of hydrogen-bond acceptors (Lipinski definition) is 4. The fourth-order valence-corrected chi connectivity index (χ4v) is 2.22. The normalized spacial score (nSPS) is 15.8. The molecule has 1 aromatic rings. The molecule has 0 unspecified atom stereocenters. The van der Waals surface area contributed by atoms with Crippen molar-refractivity contribution in [3.05, 3.63) is 41.6 Å². The first-order chi connectivity index (χ1) is 9.89. The van der Waals surface area contributed by atoms with E-state index in [9.17, 15) is 13.2 Å². The number of rotatable bonds is 5. The van der Waals surface area contributed by atoms with Crippen molar-refractivity contribution in [1.29, 1.82) is 0 Å². The van der Waals surface area contributed by atoms with Gasteiger partial charge in [-0.05, 0) is 24.1 Å². The zero-order valence-corrected chi connectivity index (χ0v) is 11.6. The first-order valence-corrected chi connectivity index (χ1v) is 6.53. The smallest absolute Gasteiger partial charge is 0.406 e. The van der Waals surface area contributed by atoms with Crippen LogP contribution in [0.1, 0.15) is 11.1 Å².